The van der Waals surface area contributed by atoms with Gasteiger partial charge in [-0.1, -0.05) is 6.42 Å². The molecular weight excluding hydrogens is 272 g/mol. The van der Waals surface area contributed by atoms with Crippen LogP contribution in [0.15, 0.2) is 16.9 Å². The van der Waals surface area contributed by atoms with Crippen LogP contribution >= 0.6 is 0 Å². The third-order valence-electron chi connectivity index (χ3n) is 4.69. The van der Waals surface area contributed by atoms with Gasteiger partial charge in [-0.2, -0.15) is 0 Å². The van der Waals surface area contributed by atoms with E-state index in [1.54, 1.807) is 13.0 Å². The molecule has 1 saturated carbocycles. The zero-order valence-corrected chi connectivity index (χ0v) is 11.8. The average Bonchev–Trinajstić information content (AvgIpc) is 2.96. The number of rotatable bonds is 2. The van der Waals surface area contributed by atoms with E-state index in [1.807, 2.05) is 0 Å². The molecule has 3 unspecified atom stereocenters. The van der Waals surface area contributed by atoms with Crippen molar-refractivity contribution in [3.8, 4) is 0 Å². The summed E-state index contributed by atoms with van der Waals surface area (Å²) in [6.45, 7) is 2.17. The summed E-state index contributed by atoms with van der Waals surface area (Å²) < 4.78 is 0. The smallest absolute Gasteiger partial charge is 0.326 e. The number of aromatic amines is 1. The lowest BCUT2D eigenvalue weighted by Crippen LogP contribution is -2.44. The van der Waals surface area contributed by atoms with Gasteiger partial charge in [-0.15, -0.1) is 0 Å². The molecule has 1 aromatic heterocycles. The normalized spacial score (nSPS) is 27.7. The van der Waals surface area contributed by atoms with E-state index in [2.05, 4.69) is 4.98 Å². The number of carboxylic acid groups (broad SMARTS) is 1. The van der Waals surface area contributed by atoms with Crippen molar-refractivity contribution in [2.75, 3.05) is 6.54 Å². The van der Waals surface area contributed by atoms with Crippen LogP contribution < -0.4 is 5.56 Å². The number of carbonyl (C=O) groups excluding carboxylic acids is 1. The number of carboxylic acids is 1. The zero-order chi connectivity index (χ0) is 15.1. The molecule has 1 aliphatic carbocycles. The maximum Gasteiger partial charge on any atom is 0.326 e. The Morgan fingerprint density at radius 3 is 2.76 bits per heavy atom. The van der Waals surface area contributed by atoms with E-state index in [0.29, 0.717) is 12.2 Å². The third kappa shape index (κ3) is 2.24. The van der Waals surface area contributed by atoms with Gasteiger partial charge in [0, 0.05) is 12.2 Å². The van der Waals surface area contributed by atoms with Gasteiger partial charge < -0.3 is 15.0 Å². The fourth-order valence-corrected chi connectivity index (χ4v) is 3.73. The fraction of sp³-hybridized carbons (Fsp3) is 0.533. The van der Waals surface area contributed by atoms with E-state index in [-0.39, 0.29) is 17.4 Å². The number of carbonyl (C=O) groups is 2. The standard InChI is InChI=1S/C15H18N2O4/c1-8-5-6-11(13(18)16-8)14(19)17-7-9-3-2-4-10(9)12(17)15(20)21/h5-6,9-10,12H,2-4,7H2,1H3,(H,16,18)(H,20,21). The summed E-state index contributed by atoms with van der Waals surface area (Å²) in [6, 6.07) is 2.33. The number of hydrogen-bond donors (Lipinski definition) is 2. The first kappa shape index (κ1) is 13.9. The Labute approximate surface area is 121 Å². The Kier molecular flexibility index (Phi) is 3.31. The van der Waals surface area contributed by atoms with Crippen LogP contribution in [0.1, 0.15) is 35.3 Å². The number of pyridine rings is 1. The van der Waals surface area contributed by atoms with Crippen molar-refractivity contribution in [2.24, 2.45) is 11.8 Å². The molecule has 21 heavy (non-hydrogen) atoms. The minimum absolute atomic E-state index is 0.0202. The van der Waals surface area contributed by atoms with Crippen LogP contribution in [0.25, 0.3) is 0 Å². The SMILES string of the molecule is Cc1ccc(C(=O)N2CC3CCCC3C2C(=O)O)c(=O)[nH]1. The highest BCUT2D eigenvalue weighted by Gasteiger charge is 2.49. The van der Waals surface area contributed by atoms with E-state index < -0.39 is 23.5 Å². The van der Waals surface area contributed by atoms with Crippen LogP contribution in [0.2, 0.25) is 0 Å². The second kappa shape index (κ2) is 5.02. The molecule has 3 rings (SSSR count). The Balaban J connectivity index is 1.93. The number of aliphatic carboxylic acids is 1. The molecule has 2 heterocycles. The first-order chi connectivity index (χ1) is 9.99. The van der Waals surface area contributed by atoms with Gasteiger partial charge in [0.2, 0.25) is 0 Å². The highest BCUT2D eigenvalue weighted by atomic mass is 16.4. The number of H-pyrrole nitrogens is 1. The van der Waals surface area contributed by atoms with Gasteiger partial charge >= 0.3 is 5.97 Å². The lowest BCUT2D eigenvalue weighted by molar-refractivity contribution is -0.142. The minimum Gasteiger partial charge on any atom is -0.480 e. The highest BCUT2D eigenvalue weighted by Crippen LogP contribution is 2.42. The molecule has 1 aliphatic heterocycles. The maximum atomic E-state index is 12.6. The van der Waals surface area contributed by atoms with Crippen molar-refractivity contribution in [3.63, 3.8) is 0 Å². The van der Waals surface area contributed by atoms with Crippen LogP contribution in [0.5, 0.6) is 0 Å². The van der Waals surface area contributed by atoms with E-state index in [4.69, 9.17) is 0 Å². The van der Waals surface area contributed by atoms with Crippen molar-refractivity contribution >= 4 is 11.9 Å². The van der Waals surface area contributed by atoms with Crippen LogP contribution in [0, 0.1) is 18.8 Å². The number of nitrogens with one attached hydrogen (secondary N) is 1. The molecule has 112 valence electrons. The summed E-state index contributed by atoms with van der Waals surface area (Å²) in [4.78, 5) is 40.0. The Morgan fingerprint density at radius 1 is 1.33 bits per heavy atom. The number of aryl methyl sites for hydroxylation is 1. The van der Waals surface area contributed by atoms with Gasteiger partial charge in [0.1, 0.15) is 11.6 Å². The minimum atomic E-state index is -0.971. The van der Waals surface area contributed by atoms with Crippen LogP contribution in [0.3, 0.4) is 0 Å². The predicted octanol–water partition coefficient (Wildman–Crippen LogP) is 1.01. The van der Waals surface area contributed by atoms with Gasteiger partial charge in [0.05, 0.1) is 0 Å². The van der Waals surface area contributed by atoms with Crippen LogP contribution in [0.4, 0.5) is 0 Å². The van der Waals surface area contributed by atoms with Crippen molar-refractivity contribution in [1.29, 1.82) is 0 Å². The molecule has 6 heteroatoms. The lowest BCUT2D eigenvalue weighted by atomic mass is 9.94. The molecule has 0 bridgehead atoms. The first-order valence-corrected chi connectivity index (χ1v) is 7.22. The van der Waals surface area contributed by atoms with Crippen molar-refractivity contribution in [1.82, 2.24) is 9.88 Å². The summed E-state index contributed by atoms with van der Waals surface area (Å²) in [5.74, 6) is -1.17. The maximum absolute atomic E-state index is 12.6. The molecule has 1 aromatic rings. The number of amides is 1. The van der Waals surface area contributed by atoms with Gasteiger partial charge in [-0.25, -0.2) is 4.79 Å². The van der Waals surface area contributed by atoms with Crippen molar-refractivity contribution in [3.05, 3.63) is 33.7 Å². The van der Waals surface area contributed by atoms with Crippen LogP contribution in [-0.2, 0) is 4.79 Å². The lowest BCUT2D eigenvalue weighted by Gasteiger charge is -2.24. The largest absolute Gasteiger partial charge is 0.480 e. The van der Waals surface area contributed by atoms with E-state index in [9.17, 15) is 19.5 Å². The van der Waals surface area contributed by atoms with Crippen molar-refractivity contribution < 1.29 is 14.7 Å². The molecule has 1 amide bonds. The summed E-state index contributed by atoms with van der Waals surface area (Å²) in [7, 11) is 0. The second-order valence-corrected chi connectivity index (χ2v) is 5.98. The molecule has 0 spiro atoms. The third-order valence-corrected chi connectivity index (χ3v) is 4.69. The van der Waals surface area contributed by atoms with Gasteiger partial charge in [0.25, 0.3) is 11.5 Å². The quantitative estimate of drug-likeness (QED) is 0.850. The Bertz CT molecular complexity index is 651. The molecule has 0 radical (unpaired) electrons. The molecule has 2 fully saturated rings. The fourth-order valence-electron chi connectivity index (χ4n) is 3.73. The summed E-state index contributed by atoms with van der Waals surface area (Å²) in [6.07, 6.45) is 2.82. The zero-order valence-electron chi connectivity index (χ0n) is 11.8. The topological polar surface area (TPSA) is 90.5 Å². The van der Waals surface area contributed by atoms with Crippen LogP contribution in [-0.4, -0.2) is 39.5 Å². The molecule has 1 saturated heterocycles. The molecular formula is C15H18N2O4. The molecule has 6 nitrogen and oxygen atoms in total. The summed E-state index contributed by atoms with van der Waals surface area (Å²) >= 11 is 0. The van der Waals surface area contributed by atoms with Gasteiger partial charge in [-0.3, -0.25) is 9.59 Å². The Morgan fingerprint density at radius 2 is 2.10 bits per heavy atom. The predicted molar refractivity (Wildman–Crippen MR) is 75.1 cm³/mol. The number of aromatic nitrogens is 1. The highest BCUT2D eigenvalue weighted by molar-refractivity contribution is 5.96. The molecule has 3 atom stereocenters. The number of fused-ring (bicyclic) bond motifs is 1. The first-order valence-electron chi connectivity index (χ1n) is 7.22. The number of nitrogens with zero attached hydrogens (tertiary/aromatic N) is 1. The summed E-state index contributed by atoms with van der Waals surface area (Å²) in [5, 5.41) is 9.46. The number of hydrogen-bond acceptors (Lipinski definition) is 3. The van der Waals surface area contributed by atoms with E-state index in [0.717, 1.165) is 19.3 Å². The molecule has 2 aliphatic rings. The molecule has 0 aromatic carbocycles. The summed E-state index contributed by atoms with van der Waals surface area (Å²) in [5.41, 5.74) is 0.234. The average molecular weight is 290 g/mol. The Hall–Kier alpha value is -2.11. The van der Waals surface area contributed by atoms with Gasteiger partial charge in [-0.05, 0) is 43.7 Å². The van der Waals surface area contributed by atoms with Gasteiger partial charge in [0.15, 0.2) is 0 Å². The monoisotopic (exact) mass is 290 g/mol. The molecule has 2 N–H and O–H groups in total. The van der Waals surface area contributed by atoms with E-state index >= 15 is 0 Å². The number of likely N-dealkylation sites (tertiary alicyclic amines) is 1. The second-order valence-electron chi connectivity index (χ2n) is 5.98. The van der Waals surface area contributed by atoms with E-state index in [1.165, 1.54) is 11.0 Å². The van der Waals surface area contributed by atoms with Crippen molar-refractivity contribution in [2.45, 2.75) is 32.2 Å².